The number of hydrogen-bond acceptors (Lipinski definition) is 7. The van der Waals surface area contributed by atoms with E-state index in [0.717, 1.165) is 62.3 Å². The Morgan fingerprint density at radius 1 is 1.00 bits per heavy atom. The van der Waals surface area contributed by atoms with Crippen LogP contribution in [0.15, 0.2) is 42.6 Å². The van der Waals surface area contributed by atoms with Crippen LogP contribution in [-0.2, 0) is 13.0 Å². The number of nitrogens with zero attached hydrogens (tertiary/aromatic N) is 6. The minimum absolute atomic E-state index is 0.0422. The summed E-state index contributed by atoms with van der Waals surface area (Å²) in [6.45, 7) is 9.80. The minimum Gasteiger partial charge on any atom is -0.339 e. The van der Waals surface area contributed by atoms with Gasteiger partial charge in [0.25, 0.3) is 5.91 Å². The van der Waals surface area contributed by atoms with Crippen LogP contribution in [0.3, 0.4) is 0 Å². The Balaban J connectivity index is 1.10. The molecule has 0 radical (unpaired) electrons. The van der Waals surface area contributed by atoms with Gasteiger partial charge >= 0.3 is 0 Å². The van der Waals surface area contributed by atoms with Gasteiger partial charge in [0.2, 0.25) is 5.95 Å². The van der Waals surface area contributed by atoms with Crippen LogP contribution in [0.5, 0.6) is 0 Å². The molecule has 4 heterocycles. The molecule has 6 rings (SSSR count). The molecule has 0 bridgehead atoms. The Morgan fingerprint density at radius 3 is 2.54 bits per heavy atom. The van der Waals surface area contributed by atoms with Gasteiger partial charge < -0.3 is 10.2 Å². The lowest BCUT2D eigenvalue weighted by molar-refractivity contribution is 0.0222. The van der Waals surface area contributed by atoms with Gasteiger partial charge in [0.15, 0.2) is 0 Å². The minimum atomic E-state index is 0.0422. The monoisotopic (exact) mass is 496 g/mol. The largest absolute Gasteiger partial charge is 0.339 e. The standard InChI is InChI=1S/C28H32N8O/c1-18-12-19(2)14-22(13-18)30-27-29-16-21-17-36(9-6-23(21)31-27)28(3)7-10-35(11-8-28)26(37)20-4-5-24-25(15-20)33-34-32-24/h4-5,12-16H,6-11,17H2,1-3H3,(H,29,30,31)(H,32,33,34). The summed E-state index contributed by atoms with van der Waals surface area (Å²) in [7, 11) is 0. The first kappa shape index (κ1) is 23.5. The van der Waals surface area contributed by atoms with Gasteiger partial charge in [-0.3, -0.25) is 9.69 Å². The molecule has 0 spiro atoms. The molecule has 1 fully saturated rings. The van der Waals surface area contributed by atoms with Crippen LogP contribution in [0, 0.1) is 13.8 Å². The van der Waals surface area contributed by atoms with Gasteiger partial charge in [-0.15, -0.1) is 0 Å². The quantitative estimate of drug-likeness (QED) is 0.437. The lowest BCUT2D eigenvalue weighted by Crippen LogP contribution is -2.55. The van der Waals surface area contributed by atoms with Crippen LogP contribution in [0.2, 0.25) is 0 Å². The maximum atomic E-state index is 13.1. The van der Waals surface area contributed by atoms with Gasteiger partial charge in [-0.25, -0.2) is 9.97 Å². The van der Waals surface area contributed by atoms with E-state index in [-0.39, 0.29) is 11.4 Å². The van der Waals surface area contributed by atoms with E-state index >= 15 is 0 Å². The molecule has 2 aromatic carbocycles. The summed E-state index contributed by atoms with van der Waals surface area (Å²) in [6, 6.07) is 11.9. The third-order valence-corrected chi connectivity index (χ3v) is 7.87. The molecule has 4 aromatic rings. The second kappa shape index (κ2) is 9.23. The second-order valence-corrected chi connectivity index (χ2v) is 10.7. The average molecular weight is 497 g/mol. The Morgan fingerprint density at radius 2 is 1.76 bits per heavy atom. The van der Waals surface area contributed by atoms with E-state index in [0.29, 0.717) is 17.0 Å². The van der Waals surface area contributed by atoms with Crippen molar-refractivity contribution in [3.8, 4) is 0 Å². The molecule has 1 saturated heterocycles. The van der Waals surface area contributed by atoms with Crippen molar-refractivity contribution in [1.29, 1.82) is 0 Å². The van der Waals surface area contributed by atoms with Gasteiger partial charge in [0, 0.05) is 61.1 Å². The highest BCUT2D eigenvalue weighted by Gasteiger charge is 2.38. The Kier molecular flexibility index (Phi) is 5.87. The lowest BCUT2D eigenvalue weighted by atomic mass is 9.85. The van der Waals surface area contributed by atoms with Crippen LogP contribution in [0.25, 0.3) is 11.0 Å². The molecule has 2 N–H and O–H groups in total. The summed E-state index contributed by atoms with van der Waals surface area (Å²) < 4.78 is 0. The number of carbonyl (C=O) groups excluding carboxylic acids is 1. The zero-order valence-electron chi connectivity index (χ0n) is 21.6. The Labute approximate surface area is 216 Å². The van der Waals surface area contributed by atoms with Crippen LogP contribution >= 0.6 is 0 Å². The van der Waals surface area contributed by atoms with E-state index in [9.17, 15) is 4.79 Å². The van der Waals surface area contributed by atoms with Crippen molar-refractivity contribution in [1.82, 2.24) is 35.2 Å². The molecule has 1 amide bonds. The maximum Gasteiger partial charge on any atom is 0.253 e. The molecule has 2 aliphatic heterocycles. The summed E-state index contributed by atoms with van der Waals surface area (Å²) in [5.74, 6) is 0.715. The number of aryl methyl sites for hydroxylation is 2. The molecule has 2 aromatic heterocycles. The average Bonchev–Trinajstić information content (AvgIpc) is 3.36. The molecule has 9 heteroatoms. The third kappa shape index (κ3) is 4.67. The zero-order valence-corrected chi connectivity index (χ0v) is 21.6. The zero-order chi connectivity index (χ0) is 25.6. The number of benzene rings is 2. The predicted octanol–water partition coefficient (Wildman–Crippen LogP) is 4.16. The Bertz CT molecular complexity index is 1450. The smallest absolute Gasteiger partial charge is 0.253 e. The molecule has 2 aliphatic rings. The lowest BCUT2D eigenvalue weighted by Gasteiger charge is -2.48. The van der Waals surface area contributed by atoms with Crippen molar-refractivity contribution in [2.75, 3.05) is 25.0 Å². The highest BCUT2D eigenvalue weighted by atomic mass is 16.2. The number of piperidine rings is 1. The van der Waals surface area contributed by atoms with Gasteiger partial charge in [0.1, 0.15) is 11.0 Å². The van der Waals surface area contributed by atoms with Gasteiger partial charge in [0.05, 0.1) is 5.69 Å². The van der Waals surface area contributed by atoms with Crippen molar-refractivity contribution >= 4 is 28.6 Å². The topological polar surface area (TPSA) is 103 Å². The van der Waals surface area contributed by atoms with E-state index in [4.69, 9.17) is 4.98 Å². The van der Waals surface area contributed by atoms with Crippen LogP contribution in [0.1, 0.15) is 52.5 Å². The molecule has 0 unspecified atom stereocenters. The fraction of sp³-hybridized carbons (Fsp3) is 0.393. The molecule has 37 heavy (non-hydrogen) atoms. The predicted molar refractivity (Wildman–Crippen MR) is 143 cm³/mol. The van der Waals surface area contributed by atoms with Crippen molar-refractivity contribution in [2.45, 2.75) is 52.1 Å². The number of H-pyrrole nitrogens is 1. The van der Waals surface area contributed by atoms with E-state index < -0.39 is 0 Å². The first-order chi connectivity index (χ1) is 17.9. The van der Waals surface area contributed by atoms with Crippen LogP contribution in [-0.4, -0.2) is 66.3 Å². The summed E-state index contributed by atoms with van der Waals surface area (Å²) in [5, 5.41) is 14.2. The van der Waals surface area contributed by atoms with Gasteiger partial charge in [-0.1, -0.05) is 6.07 Å². The van der Waals surface area contributed by atoms with Crippen molar-refractivity contribution in [3.05, 3.63) is 70.5 Å². The molecular weight excluding hydrogens is 464 g/mol. The number of amides is 1. The number of anilines is 2. The van der Waals surface area contributed by atoms with Crippen molar-refractivity contribution < 1.29 is 4.79 Å². The molecule has 0 saturated carbocycles. The summed E-state index contributed by atoms with van der Waals surface area (Å²) >= 11 is 0. The molecular formula is C28H32N8O. The summed E-state index contributed by atoms with van der Waals surface area (Å²) in [4.78, 5) is 27.1. The molecule has 9 nitrogen and oxygen atoms in total. The van der Waals surface area contributed by atoms with Crippen LogP contribution in [0.4, 0.5) is 11.6 Å². The molecule has 190 valence electrons. The number of carbonyl (C=O) groups is 1. The third-order valence-electron chi connectivity index (χ3n) is 7.87. The van der Waals surface area contributed by atoms with Gasteiger partial charge in [-0.05, 0) is 75.1 Å². The fourth-order valence-corrected chi connectivity index (χ4v) is 5.68. The summed E-state index contributed by atoms with van der Waals surface area (Å²) in [5.41, 5.74) is 7.96. The van der Waals surface area contributed by atoms with Gasteiger partial charge in [-0.2, -0.15) is 15.4 Å². The number of aromatic amines is 1. The number of rotatable bonds is 4. The maximum absolute atomic E-state index is 13.1. The van der Waals surface area contributed by atoms with E-state index in [1.165, 1.54) is 16.7 Å². The van der Waals surface area contributed by atoms with Crippen LogP contribution < -0.4 is 5.32 Å². The number of fused-ring (bicyclic) bond motifs is 2. The van der Waals surface area contributed by atoms with E-state index in [1.54, 1.807) is 0 Å². The summed E-state index contributed by atoms with van der Waals surface area (Å²) in [6.07, 6.45) is 4.75. The number of aromatic nitrogens is 5. The number of likely N-dealkylation sites (tertiary alicyclic amines) is 1. The van der Waals surface area contributed by atoms with E-state index in [2.05, 4.69) is 69.6 Å². The first-order valence-corrected chi connectivity index (χ1v) is 12.9. The molecule has 0 aliphatic carbocycles. The number of hydrogen-bond donors (Lipinski definition) is 2. The normalized spacial score (nSPS) is 17.5. The fourth-order valence-electron chi connectivity index (χ4n) is 5.68. The first-order valence-electron chi connectivity index (χ1n) is 12.9. The van der Waals surface area contributed by atoms with Crippen molar-refractivity contribution in [2.24, 2.45) is 0 Å². The van der Waals surface area contributed by atoms with Crippen molar-refractivity contribution in [3.63, 3.8) is 0 Å². The van der Waals surface area contributed by atoms with E-state index in [1.807, 2.05) is 29.3 Å². The Hall–Kier alpha value is -3.85. The highest BCUT2D eigenvalue weighted by Crippen LogP contribution is 2.33. The SMILES string of the molecule is Cc1cc(C)cc(Nc2ncc3c(n2)CCN(C2(C)CCN(C(=O)c4ccc5n[nH]nc5c4)CC2)C3)c1. The number of nitrogens with one attached hydrogen (secondary N) is 2. The second-order valence-electron chi connectivity index (χ2n) is 10.7. The molecule has 0 atom stereocenters. The highest BCUT2D eigenvalue weighted by molar-refractivity contribution is 5.97.